The average Bonchev–Trinajstić information content (AvgIpc) is 2.87. The van der Waals surface area contributed by atoms with E-state index >= 15 is 0 Å². The van der Waals surface area contributed by atoms with Crippen LogP contribution in [0.1, 0.15) is 50.7 Å². The Morgan fingerprint density at radius 3 is 2.56 bits per heavy atom. The van der Waals surface area contributed by atoms with Crippen molar-refractivity contribution in [2.24, 2.45) is 11.1 Å². The molecule has 1 aliphatic carbocycles. The van der Waals surface area contributed by atoms with Gasteiger partial charge in [-0.1, -0.05) is 26.0 Å². The fraction of sp³-hybridized carbons (Fsp3) is 0.400. The Hall–Kier alpha value is -3.10. The first-order valence-corrected chi connectivity index (χ1v) is 13.9. The Balaban J connectivity index is 1.81. The maximum Gasteiger partial charge on any atom is 0.174 e. The van der Waals surface area contributed by atoms with Gasteiger partial charge in [0.1, 0.15) is 18.2 Å². The van der Waals surface area contributed by atoms with Crippen molar-refractivity contribution in [3.05, 3.63) is 79.6 Å². The molecule has 1 heterocycles. The van der Waals surface area contributed by atoms with Gasteiger partial charge < -0.3 is 24.8 Å². The molecular weight excluding hydrogens is 612 g/mol. The van der Waals surface area contributed by atoms with E-state index in [1.54, 1.807) is 19.2 Å². The summed E-state index contributed by atoms with van der Waals surface area (Å²) in [6, 6.07) is 12.2. The largest absolute Gasteiger partial charge is 0.490 e. The van der Waals surface area contributed by atoms with Crippen LogP contribution in [-0.4, -0.2) is 37.6 Å². The predicted octanol–water partition coefficient (Wildman–Crippen LogP) is 5.79. The first kappa shape index (κ1) is 28.9. The quantitative estimate of drug-likeness (QED) is 0.345. The molecule has 0 saturated carbocycles. The molecule has 206 valence electrons. The summed E-state index contributed by atoms with van der Waals surface area (Å²) in [5.41, 5.74) is 9.73. The van der Waals surface area contributed by atoms with E-state index in [9.17, 15) is 14.4 Å². The van der Waals surface area contributed by atoms with Crippen LogP contribution in [0.3, 0.4) is 0 Å². The van der Waals surface area contributed by atoms with Gasteiger partial charge in [0.05, 0.1) is 34.3 Å². The van der Waals surface area contributed by atoms with Gasteiger partial charge >= 0.3 is 0 Å². The minimum Gasteiger partial charge on any atom is -0.490 e. The van der Waals surface area contributed by atoms with Crippen LogP contribution in [0.5, 0.6) is 11.5 Å². The lowest BCUT2D eigenvalue weighted by Gasteiger charge is -2.43. The number of halogens is 2. The van der Waals surface area contributed by atoms with E-state index in [0.29, 0.717) is 61.1 Å². The van der Waals surface area contributed by atoms with E-state index in [1.165, 1.54) is 12.1 Å². The highest BCUT2D eigenvalue weighted by molar-refractivity contribution is 14.1. The normalized spacial score (nSPS) is 18.6. The van der Waals surface area contributed by atoms with Gasteiger partial charge in [0, 0.05) is 31.3 Å². The summed E-state index contributed by atoms with van der Waals surface area (Å²) in [6.45, 7) is 7.49. The van der Waals surface area contributed by atoms with Crippen LogP contribution < -0.4 is 15.2 Å². The van der Waals surface area contributed by atoms with Gasteiger partial charge in [-0.2, -0.15) is 5.26 Å². The average molecular weight is 646 g/mol. The summed E-state index contributed by atoms with van der Waals surface area (Å²) in [7, 11) is 1.61. The molecule has 7 nitrogen and oxygen atoms in total. The number of ether oxygens (including phenoxy) is 3. The number of ketones is 1. The molecule has 0 saturated heterocycles. The molecule has 0 aromatic heterocycles. The number of hydrogen-bond donors (Lipinski definition) is 1. The third-order valence-corrected chi connectivity index (χ3v) is 7.77. The van der Waals surface area contributed by atoms with Crippen LogP contribution in [0, 0.1) is 26.1 Å². The molecule has 2 aliphatic rings. The molecule has 39 heavy (non-hydrogen) atoms. The molecule has 4 rings (SSSR count). The number of benzene rings is 2. The SMILES string of the molecule is CCOc1cc([C@H]2C(C#N)=C(N)N(CCOC)C3=C2C(=O)CC(C)(C)C3)cc(I)c1OCc1ccc(F)cc1. The summed E-state index contributed by atoms with van der Waals surface area (Å²) < 4.78 is 31.5. The summed E-state index contributed by atoms with van der Waals surface area (Å²) in [4.78, 5) is 15.6. The maximum absolute atomic E-state index is 13.7. The van der Waals surface area contributed by atoms with E-state index in [0.717, 1.165) is 20.4 Å². The molecule has 0 fully saturated rings. The minimum atomic E-state index is -0.619. The molecule has 1 atom stereocenters. The van der Waals surface area contributed by atoms with Gasteiger partial charge in [0.2, 0.25) is 0 Å². The zero-order valence-electron chi connectivity index (χ0n) is 22.6. The van der Waals surface area contributed by atoms with Gasteiger partial charge in [0.15, 0.2) is 17.3 Å². The van der Waals surface area contributed by atoms with Gasteiger partial charge in [-0.15, -0.1) is 0 Å². The van der Waals surface area contributed by atoms with Gasteiger partial charge in [-0.05, 0) is 76.7 Å². The molecule has 0 amide bonds. The van der Waals surface area contributed by atoms with Gasteiger partial charge in [-0.3, -0.25) is 4.79 Å². The molecule has 0 spiro atoms. The zero-order chi connectivity index (χ0) is 28.3. The second-order valence-electron chi connectivity index (χ2n) is 10.5. The third-order valence-electron chi connectivity index (χ3n) is 6.97. The van der Waals surface area contributed by atoms with Gasteiger partial charge in [0.25, 0.3) is 0 Å². The molecule has 0 radical (unpaired) electrons. The second kappa shape index (κ2) is 12.0. The third kappa shape index (κ3) is 6.07. The van der Waals surface area contributed by atoms with E-state index in [1.807, 2.05) is 24.0 Å². The van der Waals surface area contributed by atoms with E-state index in [-0.39, 0.29) is 23.6 Å². The second-order valence-corrected chi connectivity index (χ2v) is 11.6. The first-order chi connectivity index (χ1) is 18.6. The lowest BCUT2D eigenvalue weighted by atomic mass is 9.68. The topological polar surface area (TPSA) is 97.8 Å². The van der Waals surface area contributed by atoms with Crippen LogP contribution in [0.4, 0.5) is 4.39 Å². The van der Waals surface area contributed by atoms with Crippen molar-refractivity contribution in [1.82, 2.24) is 4.90 Å². The fourth-order valence-electron chi connectivity index (χ4n) is 5.24. The van der Waals surface area contributed by atoms with E-state index < -0.39 is 5.92 Å². The Labute approximate surface area is 242 Å². The van der Waals surface area contributed by atoms with Crippen LogP contribution in [0.15, 0.2) is 59.1 Å². The molecule has 2 aromatic carbocycles. The van der Waals surface area contributed by atoms with Crippen molar-refractivity contribution in [2.45, 2.75) is 46.1 Å². The number of methoxy groups -OCH3 is 1. The molecule has 2 N–H and O–H groups in total. The molecule has 9 heteroatoms. The highest BCUT2D eigenvalue weighted by Gasteiger charge is 2.44. The molecule has 2 aromatic rings. The maximum atomic E-state index is 13.7. The molecule has 1 aliphatic heterocycles. The van der Waals surface area contributed by atoms with Crippen LogP contribution in [0.25, 0.3) is 0 Å². The Kier molecular flexibility index (Phi) is 8.86. The number of rotatable bonds is 9. The first-order valence-electron chi connectivity index (χ1n) is 12.9. The Morgan fingerprint density at radius 2 is 1.92 bits per heavy atom. The highest BCUT2D eigenvalue weighted by Crippen LogP contribution is 2.50. The predicted molar refractivity (Wildman–Crippen MR) is 154 cm³/mol. The summed E-state index contributed by atoms with van der Waals surface area (Å²) in [6.07, 6.45) is 1.04. The van der Waals surface area contributed by atoms with Gasteiger partial charge in [-0.25, -0.2) is 4.39 Å². The smallest absolute Gasteiger partial charge is 0.174 e. The number of allylic oxidation sites excluding steroid dienone is 3. The lowest BCUT2D eigenvalue weighted by molar-refractivity contribution is -0.118. The molecule has 0 bridgehead atoms. The Bertz CT molecular complexity index is 1360. The van der Waals surface area contributed by atoms with E-state index in [4.69, 9.17) is 19.9 Å². The number of carbonyl (C=O) groups excluding carboxylic acids is 1. The highest BCUT2D eigenvalue weighted by atomic mass is 127. The van der Waals surface area contributed by atoms with Crippen molar-refractivity contribution in [3.8, 4) is 17.6 Å². The zero-order valence-corrected chi connectivity index (χ0v) is 24.8. The number of nitriles is 1. The number of hydrogen-bond acceptors (Lipinski definition) is 7. The van der Waals surface area contributed by atoms with Crippen molar-refractivity contribution in [3.63, 3.8) is 0 Å². The van der Waals surface area contributed by atoms with Crippen molar-refractivity contribution >= 4 is 28.4 Å². The number of Topliss-reactive ketones (excluding diaryl/α,β-unsaturated/α-hetero) is 1. The van der Waals surface area contributed by atoms with Crippen molar-refractivity contribution in [1.29, 1.82) is 5.26 Å². The summed E-state index contributed by atoms with van der Waals surface area (Å²) >= 11 is 2.18. The van der Waals surface area contributed by atoms with Crippen LogP contribution in [-0.2, 0) is 16.1 Å². The molecule has 0 unspecified atom stereocenters. The van der Waals surface area contributed by atoms with Crippen LogP contribution in [0.2, 0.25) is 0 Å². The minimum absolute atomic E-state index is 0.0125. The number of carbonyl (C=O) groups is 1. The number of nitrogens with zero attached hydrogens (tertiary/aromatic N) is 2. The Morgan fingerprint density at radius 1 is 1.21 bits per heavy atom. The standard InChI is InChI=1S/C30H33FIN3O4/c1-5-38-25-13-19(12-22(32)28(25)39-17-18-6-8-20(31)9-7-18)26-21(16-33)29(34)35(10-11-37-4)23-14-30(2,3)15-24(36)27(23)26/h6-9,12-13,26H,5,10-11,14-15,17,34H2,1-4H3/t26-/m0/s1. The van der Waals surface area contributed by atoms with Crippen LogP contribution >= 0.6 is 22.6 Å². The fourth-order valence-corrected chi connectivity index (χ4v) is 6.02. The van der Waals surface area contributed by atoms with E-state index in [2.05, 4.69) is 42.5 Å². The summed E-state index contributed by atoms with van der Waals surface area (Å²) in [5, 5.41) is 10.3. The lowest BCUT2D eigenvalue weighted by Crippen LogP contribution is -2.43. The summed E-state index contributed by atoms with van der Waals surface area (Å²) in [5.74, 6) is 0.475. The van der Waals surface area contributed by atoms with Crippen molar-refractivity contribution in [2.75, 3.05) is 26.9 Å². The molecular formula is C30H33FIN3O4. The van der Waals surface area contributed by atoms with Crippen molar-refractivity contribution < 1.29 is 23.4 Å². The monoisotopic (exact) mass is 645 g/mol. The number of nitrogens with two attached hydrogens (primary N) is 1.